The summed E-state index contributed by atoms with van der Waals surface area (Å²) in [7, 11) is 0. The standard InChI is InChI=1S/C22H26N4O3/c1-15-6-4-8-17(12-15)24-22(29)18-9-2-3-10-19(18)25-20(27)14-26-11-5-7-16(13-26)21(23)28/h2-4,6,8-10,12,16H,5,7,11,13-14H2,1H3,(H2,23,28)(H,24,29)(H,25,27)/t16-/m0/s1. The molecule has 7 nitrogen and oxygen atoms in total. The van der Waals surface area contributed by atoms with Gasteiger partial charge in [0.15, 0.2) is 0 Å². The number of benzene rings is 2. The zero-order valence-electron chi connectivity index (χ0n) is 16.5. The minimum Gasteiger partial charge on any atom is -0.369 e. The molecule has 1 saturated heterocycles. The van der Waals surface area contributed by atoms with Crippen molar-refractivity contribution in [1.29, 1.82) is 0 Å². The Bertz CT molecular complexity index is 912. The highest BCUT2D eigenvalue weighted by Gasteiger charge is 2.25. The maximum Gasteiger partial charge on any atom is 0.257 e. The van der Waals surface area contributed by atoms with E-state index < -0.39 is 0 Å². The Balaban J connectivity index is 1.64. The number of hydrogen-bond donors (Lipinski definition) is 3. The van der Waals surface area contributed by atoms with Crippen LogP contribution in [0.3, 0.4) is 0 Å². The van der Waals surface area contributed by atoms with Crippen LogP contribution in [0.2, 0.25) is 0 Å². The van der Waals surface area contributed by atoms with E-state index in [9.17, 15) is 14.4 Å². The number of hydrogen-bond acceptors (Lipinski definition) is 4. The van der Waals surface area contributed by atoms with E-state index in [1.165, 1.54) is 0 Å². The van der Waals surface area contributed by atoms with Gasteiger partial charge in [-0.2, -0.15) is 0 Å². The first kappa shape index (κ1) is 20.5. The normalized spacial score (nSPS) is 16.8. The second kappa shape index (κ2) is 9.34. The highest BCUT2D eigenvalue weighted by molar-refractivity contribution is 6.10. The van der Waals surface area contributed by atoms with Crippen LogP contribution in [0.4, 0.5) is 11.4 Å². The SMILES string of the molecule is Cc1cccc(NC(=O)c2ccccc2NC(=O)CN2CCC[C@H](C(N)=O)C2)c1. The molecule has 1 fully saturated rings. The van der Waals surface area contributed by atoms with Gasteiger partial charge in [-0.3, -0.25) is 19.3 Å². The minimum absolute atomic E-state index is 0.150. The smallest absolute Gasteiger partial charge is 0.257 e. The Labute approximate surface area is 170 Å². The minimum atomic E-state index is -0.326. The highest BCUT2D eigenvalue weighted by Crippen LogP contribution is 2.19. The molecular formula is C22H26N4O3. The monoisotopic (exact) mass is 394 g/mol. The van der Waals surface area contributed by atoms with E-state index in [0.29, 0.717) is 23.5 Å². The summed E-state index contributed by atoms with van der Waals surface area (Å²) in [5, 5.41) is 5.68. The number of rotatable bonds is 6. The summed E-state index contributed by atoms with van der Waals surface area (Å²) in [6.45, 7) is 3.33. The van der Waals surface area contributed by atoms with Gasteiger partial charge in [-0.25, -0.2) is 0 Å². The average Bonchev–Trinajstić information content (AvgIpc) is 2.68. The lowest BCUT2D eigenvalue weighted by Gasteiger charge is -2.30. The molecule has 29 heavy (non-hydrogen) atoms. The molecule has 3 amide bonds. The summed E-state index contributed by atoms with van der Waals surface area (Å²) in [5.41, 5.74) is 7.97. The molecule has 0 aliphatic carbocycles. The number of carbonyl (C=O) groups is 3. The molecule has 0 spiro atoms. The van der Waals surface area contributed by atoms with E-state index in [1.807, 2.05) is 36.1 Å². The van der Waals surface area contributed by atoms with Crippen molar-refractivity contribution < 1.29 is 14.4 Å². The first-order valence-electron chi connectivity index (χ1n) is 9.71. The molecular weight excluding hydrogens is 368 g/mol. The van der Waals surface area contributed by atoms with Crippen molar-refractivity contribution in [3.8, 4) is 0 Å². The van der Waals surface area contributed by atoms with Crippen LogP contribution in [0.25, 0.3) is 0 Å². The number of likely N-dealkylation sites (tertiary alicyclic amines) is 1. The second-order valence-corrected chi connectivity index (χ2v) is 7.39. The van der Waals surface area contributed by atoms with E-state index in [4.69, 9.17) is 5.73 Å². The zero-order valence-corrected chi connectivity index (χ0v) is 16.5. The Kier molecular flexibility index (Phi) is 6.61. The van der Waals surface area contributed by atoms with Gasteiger partial charge in [-0.15, -0.1) is 0 Å². The van der Waals surface area contributed by atoms with Gasteiger partial charge in [0.25, 0.3) is 5.91 Å². The predicted octanol–water partition coefficient (Wildman–Crippen LogP) is 2.38. The number of primary amides is 1. The molecule has 1 aliphatic rings. The third-order valence-electron chi connectivity index (χ3n) is 5.00. The van der Waals surface area contributed by atoms with Crippen LogP contribution in [0, 0.1) is 12.8 Å². The molecule has 0 saturated carbocycles. The van der Waals surface area contributed by atoms with Crippen molar-refractivity contribution in [2.75, 3.05) is 30.3 Å². The van der Waals surface area contributed by atoms with E-state index in [-0.39, 0.29) is 30.2 Å². The van der Waals surface area contributed by atoms with Crippen molar-refractivity contribution in [1.82, 2.24) is 4.90 Å². The van der Waals surface area contributed by atoms with E-state index in [0.717, 1.165) is 24.9 Å². The topological polar surface area (TPSA) is 105 Å². The van der Waals surface area contributed by atoms with Crippen LogP contribution < -0.4 is 16.4 Å². The molecule has 0 bridgehead atoms. The van der Waals surface area contributed by atoms with Gasteiger partial charge in [-0.05, 0) is 56.1 Å². The number of piperidine rings is 1. The van der Waals surface area contributed by atoms with Crippen LogP contribution in [-0.2, 0) is 9.59 Å². The lowest BCUT2D eigenvalue weighted by Crippen LogP contribution is -2.44. The van der Waals surface area contributed by atoms with Crippen molar-refractivity contribution in [3.05, 3.63) is 59.7 Å². The van der Waals surface area contributed by atoms with Crippen molar-refractivity contribution >= 4 is 29.1 Å². The number of carbonyl (C=O) groups excluding carboxylic acids is 3. The van der Waals surface area contributed by atoms with Gasteiger partial charge in [0.2, 0.25) is 11.8 Å². The molecule has 3 rings (SSSR count). The van der Waals surface area contributed by atoms with Crippen LogP contribution in [0.5, 0.6) is 0 Å². The first-order chi connectivity index (χ1) is 13.9. The number of nitrogens with zero attached hydrogens (tertiary/aromatic N) is 1. The predicted molar refractivity (Wildman–Crippen MR) is 113 cm³/mol. The summed E-state index contributed by atoms with van der Waals surface area (Å²) >= 11 is 0. The Morgan fingerprint density at radius 1 is 1.10 bits per heavy atom. The Hall–Kier alpha value is -3.19. The number of aryl methyl sites for hydroxylation is 1. The largest absolute Gasteiger partial charge is 0.369 e. The van der Waals surface area contributed by atoms with Crippen molar-refractivity contribution in [3.63, 3.8) is 0 Å². The zero-order chi connectivity index (χ0) is 20.8. The molecule has 1 atom stereocenters. The molecule has 0 radical (unpaired) electrons. The van der Waals surface area contributed by atoms with Gasteiger partial charge in [0.05, 0.1) is 23.7 Å². The lowest BCUT2D eigenvalue weighted by atomic mass is 9.97. The second-order valence-electron chi connectivity index (χ2n) is 7.39. The molecule has 2 aromatic rings. The van der Waals surface area contributed by atoms with Crippen LogP contribution in [0.15, 0.2) is 48.5 Å². The highest BCUT2D eigenvalue weighted by atomic mass is 16.2. The van der Waals surface area contributed by atoms with Crippen molar-refractivity contribution in [2.45, 2.75) is 19.8 Å². The van der Waals surface area contributed by atoms with E-state index in [1.54, 1.807) is 24.3 Å². The fourth-order valence-electron chi connectivity index (χ4n) is 3.54. The molecule has 2 aromatic carbocycles. The number of anilines is 2. The lowest BCUT2D eigenvalue weighted by molar-refractivity contribution is -0.125. The fraction of sp³-hybridized carbons (Fsp3) is 0.318. The quantitative estimate of drug-likeness (QED) is 0.700. The van der Waals surface area contributed by atoms with Gasteiger partial charge < -0.3 is 16.4 Å². The summed E-state index contributed by atoms with van der Waals surface area (Å²) in [5.74, 6) is -1.07. The molecule has 4 N–H and O–H groups in total. The van der Waals surface area contributed by atoms with Crippen LogP contribution in [-0.4, -0.2) is 42.3 Å². The molecule has 1 heterocycles. The maximum atomic E-state index is 12.7. The third kappa shape index (κ3) is 5.65. The molecule has 0 unspecified atom stereocenters. The number of nitrogens with one attached hydrogen (secondary N) is 2. The van der Waals surface area contributed by atoms with Crippen molar-refractivity contribution in [2.24, 2.45) is 11.7 Å². The third-order valence-corrected chi connectivity index (χ3v) is 5.00. The Morgan fingerprint density at radius 2 is 1.90 bits per heavy atom. The van der Waals surface area contributed by atoms with Gasteiger partial charge in [0.1, 0.15) is 0 Å². The summed E-state index contributed by atoms with van der Waals surface area (Å²) < 4.78 is 0. The number of nitrogens with two attached hydrogens (primary N) is 1. The van der Waals surface area contributed by atoms with Gasteiger partial charge in [-0.1, -0.05) is 24.3 Å². The number of para-hydroxylation sites is 1. The van der Waals surface area contributed by atoms with Crippen LogP contribution >= 0.6 is 0 Å². The first-order valence-corrected chi connectivity index (χ1v) is 9.71. The molecule has 152 valence electrons. The summed E-state index contributed by atoms with van der Waals surface area (Å²) in [4.78, 5) is 38.6. The fourth-order valence-corrected chi connectivity index (χ4v) is 3.54. The molecule has 1 aliphatic heterocycles. The van der Waals surface area contributed by atoms with Gasteiger partial charge >= 0.3 is 0 Å². The maximum absolute atomic E-state index is 12.7. The number of amides is 3. The van der Waals surface area contributed by atoms with Crippen LogP contribution in [0.1, 0.15) is 28.8 Å². The average molecular weight is 394 g/mol. The van der Waals surface area contributed by atoms with Gasteiger partial charge in [0, 0.05) is 12.2 Å². The molecule has 0 aromatic heterocycles. The summed E-state index contributed by atoms with van der Waals surface area (Å²) in [6.07, 6.45) is 1.59. The van der Waals surface area contributed by atoms with E-state index >= 15 is 0 Å². The summed E-state index contributed by atoms with van der Waals surface area (Å²) in [6, 6.07) is 14.4. The molecule has 7 heteroatoms. The Morgan fingerprint density at radius 3 is 2.66 bits per heavy atom. The van der Waals surface area contributed by atoms with E-state index in [2.05, 4.69) is 10.6 Å².